The molecule has 2 aromatic rings. The van der Waals surface area contributed by atoms with Crippen molar-refractivity contribution >= 4 is 27.3 Å². The molecule has 132 valence electrons. The third-order valence-corrected chi connectivity index (χ3v) is 3.90. The minimum Gasteiger partial charge on any atom is -0.385 e. The van der Waals surface area contributed by atoms with Crippen LogP contribution in [0.25, 0.3) is 11.2 Å². The maximum atomic E-state index is 14.6. The number of anilines is 1. The maximum Gasteiger partial charge on any atom is 0.333 e. The SMILES string of the molecule is Nc1ncnc2c1ncn2[C@H]1O[C@@](F)(COS(N)(=O)=O)[C@@H](O)[C@@H]1O. The average molecular weight is 364 g/mol. The Labute approximate surface area is 134 Å². The molecule has 1 aliphatic heterocycles. The van der Waals surface area contributed by atoms with E-state index in [4.69, 9.17) is 10.5 Å². The lowest BCUT2D eigenvalue weighted by molar-refractivity contribution is -0.201. The van der Waals surface area contributed by atoms with E-state index < -0.39 is 41.2 Å². The summed E-state index contributed by atoms with van der Waals surface area (Å²) in [5.74, 6) is -2.97. The zero-order valence-electron chi connectivity index (χ0n) is 11.9. The van der Waals surface area contributed by atoms with E-state index in [-0.39, 0.29) is 17.0 Å². The summed E-state index contributed by atoms with van der Waals surface area (Å²) >= 11 is 0. The number of imidazole rings is 1. The van der Waals surface area contributed by atoms with Crippen molar-refractivity contribution in [3.8, 4) is 0 Å². The van der Waals surface area contributed by atoms with E-state index in [0.717, 1.165) is 17.2 Å². The fraction of sp³-hybridized carbons (Fsp3) is 0.500. The van der Waals surface area contributed by atoms with Crippen LogP contribution in [0.1, 0.15) is 6.23 Å². The number of alkyl halides is 1. The summed E-state index contributed by atoms with van der Waals surface area (Å²) in [5.41, 5.74) is 5.93. The topological polar surface area (TPSA) is 189 Å². The van der Waals surface area contributed by atoms with Gasteiger partial charge in [0.15, 0.2) is 17.7 Å². The first kappa shape index (κ1) is 16.9. The number of halogens is 1. The minimum absolute atomic E-state index is 0.0517. The quantitative estimate of drug-likeness (QED) is 0.453. The molecule has 0 unspecified atom stereocenters. The van der Waals surface area contributed by atoms with Gasteiger partial charge < -0.3 is 20.7 Å². The molecule has 12 nitrogen and oxygen atoms in total. The smallest absolute Gasteiger partial charge is 0.333 e. The van der Waals surface area contributed by atoms with Crippen molar-refractivity contribution in [1.29, 1.82) is 0 Å². The highest BCUT2D eigenvalue weighted by atomic mass is 32.2. The van der Waals surface area contributed by atoms with Gasteiger partial charge >= 0.3 is 10.3 Å². The summed E-state index contributed by atoms with van der Waals surface area (Å²) < 4.78 is 46.4. The number of aromatic nitrogens is 4. The Morgan fingerprint density at radius 3 is 2.79 bits per heavy atom. The summed E-state index contributed by atoms with van der Waals surface area (Å²) in [4.78, 5) is 11.6. The molecule has 1 aliphatic rings. The van der Waals surface area contributed by atoms with E-state index in [1.807, 2.05) is 0 Å². The zero-order chi connectivity index (χ0) is 17.7. The average Bonchev–Trinajstić information content (AvgIpc) is 3.02. The third kappa shape index (κ3) is 2.79. The van der Waals surface area contributed by atoms with Crippen molar-refractivity contribution in [3.63, 3.8) is 0 Å². The molecular formula is C10H13FN6O6S. The number of hydrogen-bond donors (Lipinski definition) is 4. The minimum atomic E-state index is -4.47. The molecule has 3 heterocycles. The predicted molar refractivity (Wildman–Crippen MR) is 74.8 cm³/mol. The largest absolute Gasteiger partial charge is 0.385 e. The first-order valence-corrected chi connectivity index (χ1v) is 7.92. The van der Waals surface area contributed by atoms with Gasteiger partial charge in [0.25, 0.3) is 5.85 Å². The molecule has 0 amide bonds. The van der Waals surface area contributed by atoms with Crippen LogP contribution in [0.3, 0.4) is 0 Å². The van der Waals surface area contributed by atoms with E-state index in [1.54, 1.807) is 0 Å². The molecule has 0 spiro atoms. The molecule has 24 heavy (non-hydrogen) atoms. The molecule has 14 heteroatoms. The number of ether oxygens (including phenoxy) is 1. The Bertz CT molecular complexity index is 876. The van der Waals surface area contributed by atoms with Gasteiger partial charge in [-0.15, -0.1) is 0 Å². The molecule has 3 rings (SSSR count). The molecule has 0 bridgehead atoms. The lowest BCUT2D eigenvalue weighted by atomic mass is 10.1. The maximum absolute atomic E-state index is 14.6. The molecule has 2 aromatic heterocycles. The first-order chi connectivity index (χ1) is 11.1. The number of nitrogens with zero attached hydrogens (tertiary/aromatic N) is 4. The number of nitrogen functional groups attached to an aromatic ring is 1. The lowest BCUT2D eigenvalue weighted by Crippen LogP contribution is -2.44. The van der Waals surface area contributed by atoms with Crippen molar-refractivity contribution in [3.05, 3.63) is 12.7 Å². The molecule has 1 saturated heterocycles. The highest BCUT2D eigenvalue weighted by Crippen LogP contribution is 2.39. The number of hydrogen-bond acceptors (Lipinski definition) is 10. The van der Waals surface area contributed by atoms with Crippen molar-refractivity contribution in [2.24, 2.45) is 5.14 Å². The Balaban J connectivity index is 1.93. The van der Waals surface area contributed by atoms with Gasteiger partial charge in [-0.3, -0.25) is 8.75 Å². The molecule has 0 radical (unpaired) electrons. The van der Waals surface area contributed by atoms with Crippen molar-refractivity contribution in [2.75, 3.05) is 12.3 Å². The number of nitrogens with two attached hydrogens (primary N) is 2. The van der Waals surface area contributed by atoms with E-state index in [0.29, 0.717) is 0 Å². The highest BCUT2D eigenvalue weighted by molar-refractivity contribution is 7.84. The number of rotatable bonds is 4. The molecule has 0 saturated carbocycles. The van der Waals surface area contributed by atoms with Crippen LogP contribution in [-0.2, 0) is 19.2 Å². The lowest BCUT2D eigenvalue weighted by Gasteiger charge is -2.21. The molecule has 0 aromatic carbocycles. The van der Waals surface area contributed by atoms with E-state index in [9.17, 15) is 23.0 Å². The molecular weight excluding hydrogens is 351 g/mol. The van der Waals surface area contributed by atoms with Gasteiger partial charge in [0.1, 0.15) is 30.7 Å². The van der Waals surface area contributed by atoms with Gasteiger partial charge in [-0.25, -0.2) is 24.5 Å². The van der Waals surface area contributed by atoms with Gasteiger partial charge in [0.2, 0.25) is 0 Å². The van der Waals surface area contributed by atoms with Gasteiger partial charge in [0.05, 0.1) is 6.33 Å². The summed E-state index contributed by atoms with van der Waals surface area (Å²) in [6.07, 6.45) is -3.06. The number of aliphatic hydroxyl groups excluding tert-OH is 2. The van der Waals surface area contributed by atoms with Crippen molar-refractivity contribution in [2.45, 2.75) is 24.3 Å². The monoisotopic (exact) mass is 364 g/mol. The number of fused-ring (bicyclic) bond motifs is 1. The predicted octanol–water partition coefficient (Wildman–Crippen LogP) is -2.45. The standard InChI is InChI=1S/C10H13FN6O6S/c11-10(1-22-24(13,20)21)6(19)5(18)9(23-10)17-3-16-4-7(12)14-2-15-8(4)17/h2-3,5-6,9,18-19H,1H2,(H2,12,14,15)(H2,13,20,21)/t5-,6-,9-,10-/m0/s1. The van der Waals surface area contributed by atoms with Crippen LogP contribution in [0.2, 0.25) is 0 Å². The Morgan fingerprint density at radius 2 is 2.12 bits per heavy atom. The Kier molecular flexibility index (Phi) is 3.89. The molecule has 0 aliphatic carbocycles. The molecule has 4 atom stereocenters. The first-order valence-electron chi connectivity index (χ1n) is 6.45. The van der Waals surface area contributed by atoms with Crippen LogP contribution in [-0.4, -0.2) is 62.8 Å². The second-order valence-electron chi connectivity index (χ2n) is 5.07. The Morgan fingerprint density at radius 1 is 1.42 bits per heavy atom. The van der Waals surface area contributed by atoms with Crippen LogP contribution in [0.5, 0.6) is 0 Å². The van der Waals surface area contributed by atoms with Gasteiger partial charge in [0, 0.05) is 0 Å². The fourth-order valence-corrected chi connectivity index (χ4v) is 2.64. The highest BCUT2D eigenvalue weighted by Gasteiger charge is 2.57. The van der Waals surface area contributed by atoms with E-state index >= 15 is 0 Å². The fourth-order valence-electron chi connectivity index (χ4n) is 2.31. The van der Waals surface area contributed by atoms with Gasteiger partial charge in [-0.1, -0.05) is 0 Å². The van der Waals surface area contributed by atoms with Gasteiger partial charge in [-0.2, -0.15) is 8.42 Å². The van der Waals surface area contributed by atoms with Crippen LogP contribution >= 0.6 is 0 Å². The summed E-state index contributed by atoms with van der Waals surface area (Å²) in [6, 6.07) is 0. The third-order valence-electron chi connectivity index (χ3n) is 3.46. The summed E-state index contributed by atoms with van der Waals surface area (Å²) in [5, 5.41) is 24.5. The molecule has 6 N–H and O–H groups in total. The summed E-state index contributed by atoms with van der Waals surface area (Å²) in [6.45, 7) is -1.25. The normalized spacial score (nSPS) is 30.9. The number of aliphatic hydroxyl groups is 2. The van der Waals surface area contributed by atoms with Crippen molar-refractivity contribution in [1.82, 2.24) is 19.5 Å². The van der Waals surface area contributed by atoms with Gasteiger partial charge in [-0.05, 0) is 0 Å². The second-order valence-corrected chi connectivity index (χ2v) is 6.29. The zero-order valence-corrected chi connectivity index (χ0v) is 12.7. The van der Waals surface area contributed by atoms with Crippen LogP contribution in [0.4, 0.5) is 10.2 Å². The van der Waals surface area contributed by atoms with E-state index in [2.05, 4.69) is 24.3 Å². The van der Waals surface area contributed by atoms with Crippen LogP contribution < -0.4 is 10.9 Å². The summed E-state index contributed by atoms with van der Waals surface area (Å²) in [7, 11) is -4.47. The Hall–Kier alpha value is -1.97. The second kappa shape index (κ2) is 5.54. The van der Waals surface area contributed by atoms with Crippen molar-refractivity contribution < 1.29 is 31.9 Å². The van der Waals surface area contributed by atoms with Crippen LogP contribution in [0, 0.1) is 0 Å². The van der Waals surface area contributed by atoms with Crippen LogP contribution in [0.15, 0.2) is 12.7 Å². The molecule has 1 fully saturated rings. The van der Waals surface area contributed by atoms with E-state index in [1.165, 1.54) is 0 Å².